The van der Waals surface area contributed by atoms with Gasteiger partial charge in [0.25, 0.3) is 5.91 Å². The van der Waals surface area contributed by atoms with Crippen molar-refractivity contribution < 1.29 is 9.59 Å². The third kappa shape index (κ3) is 6.39. The zero-order chi connectivity index (χ0) is 28.9. The normalized spacial score (nSPS) is 11.7. The maximum Gasteiger partial charge on any atom is 0.251 e. The second kappa shape index (κ2) is 12.2. The van der Waals surface area contributed by atoms with Crippen molar-refractivity contribution in [3.05, 3.63) is 119 Å². The fraction of sp³-hybridized carbons (Fsp3) is 0.188. The molecule has 8 nitrogen and oxygen atoms in total. The van der Waals surface area contributed by atoms with Gasteiger partial charge in [0.1, 0.15) is 18.1 Å². The van der Waals surface area contributed by atoms with Crippen LogP contribution in [-0.4, -0.2) is 45.8 Å². The molecule has 0 bridgehead atoms. The Morgan fingerprint density at radius 2 is 1.59 bits per heavy atom. The summed E-state index contributed by atoms with van der Waals surface area (Å²) in [5.41, 5.74) is 5.67. The summed E-state index contributed by atoms with van der Waals surface area (Å²) in [5, 5.41) is 12.0. The van der Waals surface area contributed by atoms with Crippen LogP contribution in [-0.2, 0) is 22.7 Å². The van der Waals surface area contributed by atoms with E-state index in [9.17, 15) is 9.59 Å². The van der Waals surface area contributed by atoms with Crippen LogP contribution in [0.3, 0.4) is 0 Å². The minimum atomic E-state index is -0.942. The molecule has 0 radical (unpaired) electrons. The lowest BCUT2D eigenvalue weighted by Crippen LogP contribution is -2.42. The standard InChI is InChI=1S/C32H31ClN6O2/c1-22-8-4-5-9-24(22)20-38(30(40)21-39-29-11-7-6-10-28(29)35-36-39)31(23-12-14-25(33)15-13-23)32(41)34-26-16-18-27(19-17-26)37(2)3/h4-19,31H,20-21H2,1-3H3,(H,34,41)/t31-/m1/s1. The average molecular weight is 567 g/mol. The van der Waals surface area contributed by atoms with Crippen LogP contribution in [0.2, 0.25) is 5.02 Å². The highest BCUT2D eigenvalue weighted by Crippen LogP contribution is 2.28. The molecule has 5 aromatic rings. The molecule has 1 atom stereocenters. The van der Waals surface area contributed by atoms with Gasteiger partial charge in [0, 0.05) is 37.0 Å². The van der Waals surface area contributed by atoms with Crippen LogP contribution < -0.4 is 10.2 Å². The number of anilines is 2. The van der Waals surface area contributed by atoms with Gasteiger partial charge in [-0.2, -0.15) is 0 Å². The van der Waals surface area contributed by atoms with Gasteiger partial charge in [-0.3, -0.25) is 9.59 Å². The largest absolute Gasteiger partial charge is 0.378 e. The number of para-hydroxylation sites is 1. The van der Waals surface area contributed by atoms with Crippen LogP contribution in [0.15, 0.2) is 97.1 Å². The van der Waals surface area contributed by atoms with Crippen molar-refractivity contribution in [1.82, 2.24) is 19.9 Å². The molecule has 0 fully saturated rings. The van der Waals surface area contributed by atoms with E-state index in [2.05, 4.69) is 15.6 Å². The molecule has 0 saturated heterocycles. The lowest BCUT2D eigenvalue weighted by atomic mass is 10.0. The molecule has 1 aromatic heterocycles. The number of aryl methyl sites for hydroxylation is 1. The summed E-state index contributed by atoms with van der Waals surface area (Å²) >= 11 is 6.21. The summed E-state index contributed by atoms with van der Waals surface area (Å²) in [6, 6.07) is 28.9. The number of benzene rings is 4. The van der Waals surface area contributed by atoms with Crippen LogP contribution in [0, 0.1) is 6.92 Å². The molecule has 0 spiro atoms. The molecule has 1 heterocycles. The molecule has 0 aliphatic carbocycles. The summed E-state index contributed by atoms with van der Waals surface area (Å²) in [6.45, 7) is 2.13. The maximum absolute atomic E-state index is 14.2. The Hall–Kier alpha value is -4.69. The van der Waals surface area contributed by atoms with E-state index < -0.39 is 6.04 Å². The highest BCUT2D eigenvalue weighted by molar-refractivity contribution is 6.30. The Bertz CT molecular complexity index is 1660. The number of carbonyl (C=O) groups excluding carboxylic acids is 2. The summed E-state index contributed by atoms with van der Waals surface area (Å²) in [6.07, 6.45) is 0. The molecule has 9 heteroatoms. The summed E-state index contributed by atoms with van der Waals surface area (Å²) < 4.78 is 1.57. The molecule has 5 rings (SSSR count). The van der Waals surface area contributed by atoms with Gasteiger partial charge >= 0.3 is 0 Å². The topological polar surface area (TPSA) is 83.4 Å². The molecular weight excluding hydrogens is 536 g/mol. The van der Waals surface area contributed by atoms with E-state index in [0.717, 1.165) is 22.3 Å². The Balaban J connectivity index is 1.54. The number of hydrogen-bond donors (Lipinski definition) is 1. The number of halogens is 1. The molecule has 4 aromatic carbocycles. The number of nitrogens with one attached hydrogen (secondary N) is 1. The number of carbonyl (C=O) groups is 2. The van der Waals surface area contributed by atoms with E-state index in [4.69, 9.17) is 11.6 Å². The van der Waals surface area contributed by atoms with E-state index in [1.807, 2.05) is 98.7 Å². The number of hydrogen-bond acceptors (Lipinski definition) is 5. The van der Waals surface area contributed by atoms with Gasteiger partial charge < -0.3 is 15.1 Å². The lowest BCUT2D eigenvalue weighted by molar-refractivity contribution is -0.140. The third-order valence-electron chi connectivity index (χ3n) is 7.02. The second-order valence-corrected chi connectivity index (χ2v) is 10.5. The van der Waals surface area contributed by atoms with Gasteiger partial charge in [0.15, 0.2) is 0 Å². The Morgan fingerprint density at radius 1 is 0.902 bits per heavy atom. The third-order valence-corrected chi connectivity index (χ3v) is 7.28. The van der Waals surface area contributed by atoms with Crippen molar-refractivity contribution in [2.45, 2.75) is 26.1 Å². The highest BCUT2D eigenvalue weighted by Gasteiger charge is 2.32. The number of fused-ring (bicyclic) bond motifs is 1. The van der Waals surface area contributed by atoms with Crippen LogP contribution >= 0.6 is 11.6 Å². The summed E-state index contributed by atoms with van der Waals surface area (Å²) in [4.78, 5) is 31.8. The van der Waals surface area contributed by atoms with E-state index in [1.165, 1.54) is 0 Å². The molecule has 0 aliphatic rings. The van der Waals surface area contributed by atoms with Crippen LogP contribution in [0.4, 0.5) is 11.4 Å². The number of aromatic nitrogens is 3. The van der Waals surface area contributed by atoms with Crippen molar-refractivity contribution in [1.29, 1.82) is 0 Å². The van der Waals surface area contributed by atoms with Gasteiger partial charge in [0.2, 0.25) is 5.91 Å². The maximum atomic E-state index is 14.2. The molecule has 1 N–H and O–H groups in total. The first kappa shape index (κ1) is 27.9. The Labute approximate surface area is 244 Å². The van der Waals surface area contributed by atoms with Crippen molar-refractivity contribution in [2.75, 3.05) is 24.3 Å². The molecule has 208 valence electrons. The number of rotatable bonds is 9. The van der Waals surface area contributed by atoms with Crippen molar-refractivity contribution in [3.8, 4) is 0 Å². The number of amides is 2. The van der Waals surface area contributed by atoms with E-state index >= 15 is 0 Å². The summed E-state index contributed by atoms with van der Waals surface area (Å²) in [5.74, 6) is -0.614. The fourth-order valence-electron chi connectivity index (χ4n) is 4.72. The lowest BCUT2D eigenvalue weighted by Gasteiger charge is -2.32. The molecular formula is C32H31ClN6O2. The molecule has 2 amide bonds. The Kier molecular flexibility index (Phi) is 8.31. The van der Waals surface area contributed by atoms with Gasteiger partial charge in [-0.25, -0.2) is 4.68 Å². The van der Waals surface area contributed by atoms with Crippen LogP contribution in [0.1, 0.15) is 22.7 Å². The van der Waals surface area contributed by atoms with Crippen molar-refractivity contribution >= 4 is 45.8 Å². The SMILES string of the molecule is Cc1ccccc1CN(C(=O)Cn1nnc2ccccc21)[C@@H](C(=O)Nc1ccc(N(C)C)cc1)c1ccc(Cl)cc1. The quantitative estimate of drug-likeness (QED) is 0.241. The van der Waals surface area contributed by atoms with Gasteiger partial charge in [0.05, 0.1) is 5.52 Å². The zero-order valence-electron chi connectivity index (χ0n) is 23.2. The molecule has 0 unspecified atom stereocenters. The average Bonchev–Trinajstić information content (AvgIpc) is 3.37. The molecule has 41 heavy (non-hydrogen) atoms. The first-order chi connectivity index (χ1) is 19.8. The monoisotopic (exact) mass is 566 g/mol. The van der Waals surface area contributed by atoms with Gasteiger partial charge in [-0.15, -0.1) is 5.10 Å². The smallest absolute Gasteiger partial charge is 0.251 e. The van der Waals surface area contributed by atoms with E-state index in [0.29, 0.717) is 21.8 Å². The summed E-state index contributed by atoms with van der Waals surface area (Å²) in [7, 11) is 3.91. The first-order valence-corrected chi connectivity index (χ1v) is 13.6. The van der Waals surface area contributed by atoms with Gasteiger partial charge in [-0.05, 0) is 72.1 Å². The minimum Gasteiger partial charge on any atom is -0.378 e. The minimum absolute atomic E-state index is 0.0820. The van der Waals surface area contributed by atoms with Crippen molar-refractivity contribution in [3.63, 3.8) is 0 Å². The number of nitrogens with zero attached hydrogens (tertiary/aromatic N) is 5. The second-order valence-electron chi connectivity index (χ2n) is 10.1. The van der Waals surface area contributed by atoms with Crippen molar-refractivity contribution in [2.24, 2.45) is 0 Å². The van der Waals surface area contributed by atoms with E-state index in [-0.39, 0.29) is 24.9 Å². The van der Waals surface area contributed by atoms with Crippen LogP contribution in [0.25, 0.3) is 11.0 Å². The van der Waals surface area contributed by atoms with E-state index in [1.54, 1.807) is 33.8 Å². The zero-order valence-corrected chi connectivity index (χ0v) is 23.9. The molecule has 0 saturated carbocycles. The Morgan fingerprint density at radius 3 is 2.29 bits per heavy atom. The predicted octanol–water partition coefficient (Wildman–Crippen LogP) is 5.87. The first-order valence-electron chi connectivity index (χ1n) is 13.3. The molecule has 0 aliphatic heterocycles. The fourth-order valence-corrected chi connectivity index (χ4v) is 4.84. The van der Waals surface area contributed by atoms with Crippen LogP contribution in [0.5, 0.6) is 0 Å². The highest BCUT2D eigenvalue weighted by atomic mass is 35.5. The van der Waals surface area contributed by atoms with Gasteiger partial charge in [-0.1, -0.05) is 65.3 Å². The predicted molar refractivity (Wildman–Crippen MR) is 163 cm³/mol.